The first-order chi connectivity index (χ1) is 12.1. The summed E-state index contributed by atoms with van der Waals surface area (Å²) in [5, 5.41) is 10.3. The Labute approximate surface area is 141 Å². The summed E-state index contributed by atoms with van der Waals surface area (Å²) >= 11 is 0. The molecule has 0 spiro atoms. The first-order valence-corrected chi connectivity index (χ1v) is 7.99. The van der Waals surface area contributed by atoms with Gasteiger partial charge in [0.05, 0.1) is 6.54 Å². The van der Waals surface area contributed by atoms with E-state index in [4.69, 9.17) is 9.05 Å². The van der Waals surface area contributed by atoms with Gasteiger partial charge >= 0.3 is 0 Å². The zero-order valence-electron chi connectivity index (χ0n) is 13.2. The predicted octanol–water partition coefficient (Wildman–Crippen LogP) is 0.367. The van der Waals surface area contributed by atoms with Crippen LogP contribution in [0.3, 0.4) is 0 Å². The number of carbonyl (C=O) groups excluding carboxylic acids is 3. The minimum absolute atomic E-state index is 0.00458. The number of hydrogen-bond acceptors (Lipinski definition) is 8. The Kier molecular flexibility index (Phi) is 3.79. The number of rotatable bonds is 6. The fourth-order valence-corrected chi connectivity index (χ4v) is 2.56. The maximum absolute atomic E-state index is 11.9. The lowest BCUT2D eigenvalue weighted by Crippen LogP contribution is -2.39. The molecule has 1 N–H and O–H groups in total. The van der Waals surface area contributed by atoms with Crippen LogP contribution in [0.2, 0.25) is 0 Å². The predicted molar refractivity (Wildman–Crippen MR) is 79.6 cm³/mol. The van der Waals surface area contributed by atoms with E-state index in [1.165, 1.54) is 0 Å². The number of carbonyl (C=O) groups is 3. The molecule has 3 amide bonds. The molecule has 0 atom stereocenters. The average molecular weight is 345 g/mol. The van der Waals surface area contributed by atoms with Crippen molar-refractivity contribution in [3.8, 4) is 11.5 Å². The van der Waals surface area contributed by atoms with Crippen molar-refractivity contribution in [1.82, 2.24) is 25.5 Å². The standard InChI is InChI=1S/C15H15N5O5/c21-11(7-20-13(22)3-4-14(20)23)16-6-12-17-15(19-25-12)9-5-10(24-18-9)8-1-2-8/h5,8H,1-4,6-7H2,(H,16,21). The Balaban J connectivity index is 1.32. The topological polar surface area (TPSA) is 131 Å². The lowest BCUT2D eigenvalue weighted by Gasteiger charge is -2.12. The Morgan fingerprint density at radius 3 is 2.68 bits per heavy atom. The van der Waals surface area contributed by atoms with Crippen molar-refractivity contribution in [2.24, 2.45) is 0 Å². The third kappa shape index (κ3) is 3.28. The zero-order valence-corrected chi connectivity index (χ0v) is 13.2. The largest absolute Gasteiger partial charge is 0.360 e. The smallest absolute Gasteiger partial charge is 0.246 e. The molecule has 2 aromatic heterocycles. The van der Waals surface area contributed by atoms with Crippen LogP contribution in [-0.2, 0) is 20.9 Å². The molecule has 130 valence electrons. The summed E-state index contributed by atoms with van der Waals surface area (Å²) in [7, 11) is 0. The van der Waals surface area contributed by atoms with Crippen molar-refractivity contribution < 1.29 is 23.4 Å². The van der Waals surface area contributed by atoms with Crippen LogP contribution in [0.1, 0.15) is 43.3 Å². The summed E-state index contributed by atoms with van der Waals surface area (Å²) in [5.41, 5.74) is 0.483. The minimum atomic E-state index is -0.471. The van der Waals surface area contributed by atoms with Gasteiger partial charge in [-0.15, -0.1) is 0 Å². The molecule has 1 saturated carbocycles. The first kappa shape index (κ1) is 15.5. The minimum Gasteiger partial charge on any atom is -0.360 e. The number of amides is 3. The quantitative estimate of drug-likeness (QED) is 0.743. The molecule has 2 aromatic rings. The number of aromatic nitrogens is 3. The Hall–Kier alpha value is -3.04. The SMILES string of the molecule is O=C(CN1C(=O)CCC1=O)NCc1nc(-c2cc(C3CC3)on2)no1. The summed E-state index contributed by atoms with van der Waals surface area (Å²) in [6.07, 6.45) is 2.50. The molecule has 3 heterocycles. The summed E-state index contributed by atoms with van der Waals surface area (Å²) in [5.74, 6) is 0.581. The van der Waals surface area contributed by atoms with E-state index in [0.717, 1.165) is 23.5 Å². The van der Waals surface area contributed by atoms with Crippen molar-refractivity contribution >= 4 is 17.7 Å². The molecule has 10 nitrogen and oxygen atoms in total. The fraction of sp³-hybridized carbons (Fsp3) is 0.467. The highest BCUT2D eigenvalue weighted by atomic mass is 16.5. The molecule has 0 aromatic carbocycles. The van der Waals surface area contributed by atoms with Crippen molar-refractivity contribution in [2.75, 3.05) is 6.54 Å². The van der Waals surface area contributed by atoms with Crippen LogP contribution in [0.4, 0.5) is 0 Å². The van der Waals surface area contributed by atoms with Gasteiger partial charge in [-0.1, -0.05) is 10.3 Å². The summed E-state index contributed by atoms with van der Waals surface area (Å²) < 4.78 is 10.3. The second-order valence-electron chi connectivity index (χ2n) is 6.05. The highest BCUT2D eigenvalue weighted by Gasteiger charge is 2.31. The van der Waals surface area contributed by atoms with Crippen LogP contribution in [0, 0.1) is 0 Å². The van der Waals surface area contributed by atoms with Crippen molar-refractivity contribution in [2.45, 2.75) is 38.1 Å². The van der Waals surface area contributed by atoms with Crippen molar-refractivity contribution in [3.05, 3.63) is 17.7 Å². The Bertz CT molecular complexity index is 821. The van der Waals surface area contributed by atoms with Gasteiger partial charge < -0.3 is 14.4 Å². The Morgan fingerprint density at radius 2 is 1.96 bits per heavy atom. The van der Waals surface area contributed by atoms with Gasteiger partial charge in [-0.25, -0.2) is 0 Å². The van der Waals surface area contributed by atoms with Gasteiger partial charge in [0.25, 0.3) is 0 Å². The van der Waals surface area contributed by atoms with E-state index in [1.807, 2.05) is 0 Å². The number of imide groups is 1. The van der Waals surface area contributed by atoms with E-state index in [9.17, 15) is 14.4 Å². The molecular weight excluding hydrogens is 330 g/mol. The van der Waals surface area contributed by atoms with Crippen LogP contribution in [-0.4, -0.2) is 44.5 Å². The molecular formula is C15H15N5O5. The molecule has 0 bridgehead atoms. The van der Waals surface area contributed by atoms with Crippen LogP contribution in [0.25, 0.3) is 11.5 Å². The molecule has 4 rings (SSSR count). The lowest BCUT2D eigenvalue weighted by molar-refractivity contribution is -0.142. The normalized spacial score (nSPS) is 17.4. The number of hydrogen-bond donors (Lipinski definition) is 1. The zero-order chi connectivity index (χ0) is 17.4. The summed E-state index contributed by atoms with van der Waals surface area (Å²) in [6, 6.07) is 1.79. The molecule has 1 saturated heterocycles. The van der Waals surface area contributed by atoms with Crippen LogP contribution >= 0.6 is 0 Å². The first-order valence-electron chi connectivity index (χ1n) is 7.99. The molecule has 0 unspecified atom stereocenters. The van der Waals surface area contributed by atoms with Gasteiger partial charge in [0.1, 0.15) is 12.3 Å². The molecule has 1 aliphatic heterocycles. The van der Waals surface area contributed by atoms with Crippen molar-refractivity contribution in [3.63, 3.8) is 0 Å². The van der Waals surface area contributed by atoms with Gasteiger partial charge in [-0.05, 0) is 12.8 Å². The molecule has 10 heteroatoms. The van der Waals surface area contributed by atoms with E-state index in [0.29, 0.717) is 11.6 Å². The highest BCUT2D eigenvalue weighted by Crippen LogP contribution is 2.40. The number of nitrogens with one attached hydrogen (secondary N) is 1. The van der Waals surface area contributed by atoms with Crippen LogP contribution in [0.15, 0.2) is 15.1 Å². The van der Waals surface area contributed by atoms with Gasteiger partial charge in [-0.2, -0.15) is 4.98 Å². The third-order valence-corrected chi connectivity index (χ3v) is 4.10. The fourth-order valence-electron chi connectivity index (χ4n) is 2.56. The van der Waals surface area contributed by atoms with E-state index in [1.54, 1.807) is 6.07 Å². The van der Waals surface area contributed by atoms with Crippen molar-refractivity contribution in [1.29, 1.82) is 0 Å². The van der Waals surface area contributed by atoms with E-state index in [2.05, 4.69) is 20.6 Å². The summed E-state index contributed by atoms with van der Waals surface area (Å²) in [4.78, 5) is 39.9. The van der Waals surface area contributed by atoms with Gasteiger partial charge in [-0.3, -0.25) is 19.3 Å². The average Bonchev–Trinajstić information content (AvgIpc) is 3.02. The molecule has 2 aliphatic rings. The van der Waals surface area contributed by atoms with E-state index >= 15 is 0 Å². The van der Waals surface area contributed by atoms with E-state index < -0.39 is 5.91 Å². The third-order valence-electron chi connectivity index (χ3n) is 4.10. The highest BCUT2D eigenvalue weighted by molar-refractivity contribution is 6.04. The van der Waals surface area contributed by atoms with E-state index in [-0.39, 0.29) is 49.5 Å². The number of likely N-dealkylation sites (tertiary alicyclic amines) is 1. The van der Waals surface area contributed by atoms with Gasteiger partial charge in [0.2, 0.25) is 29.4 Å². The van der Waals surface area contributed by atoms with Crippen LogP contribution < -0.4 is 5.32 Å². The molecule has 1 aliphatic carbocycles. The maximum atomic E-state index is 11.9. The maximum Gasteiger partial charge on any atom is 0.246 e. The second-order valence-corrected chi connectivity index (χ2v) is 6.05. The lowest BCUT2D eigenvalue weighted by atomic mass is 10.3. The van der Waals surface area contributed by atoms with Gasteiger partial charge in [0.15, 0.2) is 5.69 Å². The monoisotopic (exact) mass is 345 g/mol. The molecule has 25 heavy (non-hydrogen) atoms. The molecule has 0 radical (unpaired) electrons. The molecule has 2 fully saturated rings. The van der Waals surface area contributed by atoms with Gasteiger partial charge in [0, 0.05) is 24.8 Å². The second kappa shape index (κ2) is 6.11. The summed E-state index contributed by atoms with van der Waals surface area (Å²) in [6.45, 7) is -0.303. The van der Waals surface area contributed by atoms with Crippen LogP contribution in [0.5, 0.6) is 0 Å². The Morgan fingerprint density at radius 1 is 1.20 bits per heavy atom. The number of nitrogens with zero attached hydrogens (tertiary/aromatic N) is 4.